The molecule has 2 fully saturated rings. The first kappa shape index (κ1) is 5.27. The first-order valence-corrected chi connectivity index (χ1v) is 3.32. The maximum Gasteiger partial charge on any atom is 0.306 e. The SMILES string of the molecule is CC1(C)C2CC(=O)OC21. The Kier molecular flexibility index (Phi) is 0.675. The minimum absolute atomic E-state index is 0.00988. The van der Waals surface area contributed by atoms with Crippen molar-refractivity contribution in [3.05, 3.63) is 0 Å². The van der Waals surface area contributed by atoms with E-state index in [1.54, 1.807) is 0 Å². The van der Waals surface area contributed by atoms with E-state index in [1.807, 2.05) is 0 Å². The average molecular weight is 126 g/mol. The van der Waals surface area contributed by atoms with E-state index in [-0.39, 0.29) is 12.1 Å². The van der Waals surface area contributed by atoms with Gasteiger partial charge in [0.2, 0.25) is 0 Å². The normalized spacial score (nSPS) is 44.0. The van der Waals surface area contributed by atoms with E-state index >= 15 is 0 Å². The predicted octanol–water partition coefficient (Wildman–Crippen LogP) is 0.958. The van der Waals surface area contributed by atoms with E-state index in [1.165, 1.54) is 0 Å². The van der Waals surface area contributed by atoms with Crippen molar-refractivity contribution in [3.63, 3.8) is 0 Å². The summed E-state index contributed by atoms with van der Waals surface area (Å²) in [4.78, 5) is 10.5. The summed E-state index contributed by atoms with van der Waals surface area (Å²) in [6, 6.07) is 0. The lowest BCUT2D eigenvalue weighted by Crippen LogP contribution is -2.08. The maximum absolute atomic E-state index is 10.5. The Bertz CT molecular complexity index is 156. The highest BCUT2D eigenvalue weighted by atomic mass is 16.6. The van der Waals surface area contributed by atoms with Crippen molar-refractivity contribution in [1.82, 2.24) is 0 Å². The molecule has 9 heavy (non-hydrogen) atoms. The molecular weight excluding hydrogens is 116 g/mol. The zero-order chi connectivity index (χ0) is 6.65. The van der Waals surface area contributed by atoms with Crippen LogP contribution in [0.2, 0.25) is 0 Å². The molecule has 0 aromatic heterocycles. The van der Waals surface area contributed by atoms with Crippen LogP contribution in [0.5, 0.6) is 0 Å². The Hall–Kier alpha value is -0.530. The summed E-state index contributed by atoms with van der Waals surface area (Å²) in [5.41, 5.74) is 0.300. The van der Waals surface area contributed by atoms with Crippen molar-refractivity contribution in [1.29, 1.82) is 0 Å². The molecule has 2 rings (SSSR count). The van der Waals surface area contributed by atoms with Crippen LogP contribution >= 0.6 is 0 Å². The molecule has 1 heterocycles. The zero-order valence-corrected chi connectivity index (χ0v) is 5.68. The van der Waals surface area contributed by atoms with E-state index in [0.717, 1.165) is 0 Å². The second kappa shape index (κ2) is 1.15. The van der Waals surface area contributed by atoms with Gasteiger partial charge in [-0.25, -0.2) is 0 Å². The molecule has 0 spiro atoms. The van der Waals surface area contributed by atoms with Crippen LogP contribution in [0.1, 0.15) is 20.3 Å². The summed E-state index contributed by atoms with van der Waals surface area (Å²) in [5, 5.41) is 0. The fourth-order valence-corrected chi connectivity index (χ4v) is 1.67. The molecule has 0 amide bonds. The number of carbonyl (C=O) groups excluding carboxylic acids is 1. The number of ether oxygens (including phenoxy) is 1. The maximum atomic E-state index is 10.5. The number of esters is 1. The van der Waals surface area contributed by atoms with Crippen LogP contribution in [0.25, 0.3) is 0 Å². The third-order valence-corrected chi connectivity index (χ3v) is 2.59. The molecule has 2 nitrogen and oxygen atoms in total. The van der Waals surface area contributed by atoms with Gasteiger partial charge in [-0.15, -0.1) is 0 Å². The van der Waals surface area contributed by atoms with Gasteiger partial charge in [0, 0.05) is 11.3 Å². The van der Waals surface area contributed by atoms with Crippen molar-refractivity contribution < 1.29 is 9.53 Å². The molecule has 0 aromatic carbocycles. The van der Waals surface area contributed by atoms with Gasteiger partial charge >= 0.3 is 5.97 Å². The van der Waals surface area contributed by atoms with Crippen molar-refractivity contribution >= 4 is 5.97 Å². The minimum atomic E-state index is -0.00988. The van der Waals surface area contributed by atoms with E-state index in [9.17, 15) is 4.79 Å². The highest BCUT2D eigenvalue weighted by Crippen LogP contribution is 2.59. The van der Waals surface area contributed by atoms with Gasteiger partial charge in [-0.2, -0.15) is 0 Å². The van der Waals surface area contributed by atoms with Crippen LogP contribution in [0.4, 0.5) is 0 Å². The number of carbonyl (C=O) groups is 1. The van der Waals surface area contributed by atoms with E-state index < -0.39 is 0 Å². The summed E-state index contributed by atoms with van der Waals surface area (Å²) >= 11 is 0. The third kappa shape index (κ3) is 0.485. The number of hydrogen-bond acceptors (Lipinski definition) is 2. The summed E-state index contributed by atoms with van der Waals surface area (Å²) in [6.45, 7) is 4.30. The quantitative estimate of drug-likeness (QED) is 0.452. The van der Waals surface area contributed by atoms with Crippen LogP contribution in [0.15, 0.2) is 0 Å². The molecule has 2 atom stereocenters. The Labute approximate surface area is 54.2 Å². The minimum Gasteiger partial charge on any atom is -0.461 e. The van der Waals surface area contributed by atoms with Crippen molar-refractivity contribution in [3.8, 4) is 0 Å². The van der Waals surface area contributed by atoms with Gasteiger partial charge < -0.3 is 4.74 Å². The first-order chi connectivity index (χ1) is 4.12. The smallest absolute Gasteiger partial charge is 0.306 e. The first-order valence-electron chi connectivity index (χ1n) is 3.32. The van der Waals surface area contributed by atoms with Crippen LogP contribution in [0.3, 0.4) is 0 Å². The van der Waals surface area contributed by atoms with Crippen molar-refractivity contribution in [2.24, 2.45) is 11.3 Å². The standard InChI is InChI=1S/C7H10O2/c1-7(2)4-3-5(8)9-6(4)7/h4,6H,3H2,1-2H3. The molecule has 2 aliphatic rings. The topological polar surface area (TPSA) is 26.3 Å². The fourth-order valence-electron chi connectivity index (χ4n) is 1.67. The summed E-state index contributed by atoms with van der Waals surface area (Å²) in [5.74, 6) is 0.523. The number of rotatable bonds is 0. The third-order valence-electron chi connectivity index (χ3n) is 2.59. The van der Waals surface area contributed by atoms with Gasteiger partial charge in [-0.3, -0.25) is 4.79 Å². The summed E-state index contributed by atoms with van der Waals surface area (Å²) in [7, 11) is 0. The molecule has 0 aromatic rings. The Balaban J connectivity index is 2.14. The lowest BCUT2D eigenvalue weighted by Gasteiger charge is -2.05. The molecule has 1 aliphatic carbocycles. The van der Waals surface area contributed by atoms with Crippen LogP contribution in [0, 0.1) is 11.3 Å². The molecule has 50 valence electrons. The van der Waals surface area contributed by atoms with Crippen LogP contribution in [-0.2, 0) is 9.53 Å². The Morgan fingerprint density at radius 2 is 2.33 bits per heavy atom. The average Bonchev–Trinajstić information content (AvgIpc) is 2.27. The number of fused-ring (bicyclic) bond motifs is 1. The molecular formula is C7H10O2. The Morgan fingerprint density at radius 1 is 1.67 bits per heavy atom. The monoisotopic (exact) mass is 126 g/mol. The van der Waals surface area contributed by atoms with Gasteiger partial charge in [0.25, 0.3) is 0 Å². The molecule has 0 bridgehead atoms. The van der Waals surface area contributed by atoms with Crippen molar-refractivity contribution in [2.45, 2.75) is 26.4 Å². The van der Waals surface area contributed by atoms with Gasteiger partial charge in [0.05, 0.1) is 6.42 Å². The second-order valence-corrected chi connectivity index (χ2v) is 3.54. The largest absolute Gasteiger partial charge is 0.461 e. The number of hydrogen-bond donors (Lipinski definition) is 0. The van der Waals surface area contributed by atoms with Gasteiger partial charge in [-0.1, -0.05) is 13.8 Å². The Morgan fingerprint density at radius 3 is 2.67 bits per heavy atom. The molecule has 1 saturated heterocycles. The van der Waals surface area contributed by atoms with Crippen LogP contribution < -0.4 is 0 Å². The van der Waals surface area contributed by atoms with E-state index in [4.69, 9.17) is 4.74 Å². The molecule has 2 unspecified atom stereocenters. The van der Waals surface area contributed by atoms with Crippen molar-refractivity contribution in [2.75, 3.05) is 0 Å². The molecule has 1 saturated carbocycles. The van der Waals surface area contributed by atoms with E-state index in [2.05, 4.69) is 13.8 Å². The molecule has 0 N–H and O–H groups in total. The van der Waals surface area contributed by atoms with Crippen LogP contribution in [-0.4, -0.2) is 12.1 Å². The molecule has 0 radical (unpaired) electrons. The predicted molar refractivity (Wildman–Crippen MR) is 31.8 cm³/mol. The summed E-state index contributed by atoms with van der Waals surface area (Å²) in [6.07, 6.45) is 0.905. The molecule has 2 heteroatoms. The summed E-state index contributed by atoms with van der Waals surface area (Å²) < 4.78 is 5.01. The zero-order valence-electron chi connectivity index (χ0n) is 5.68. The lowest BCUT2D eigenvalue weighted by molar-refractivity contribution is -0.142. The lowest BCUT2D eigenvalue weighted by atomic mass is 10.1. The van der Waals surface area contributed by atoms with Gasteiger partial charge in [0.15, 0.2) is 0 Å². The highest BCUT2D eigenvalue weighted by molar-refractivity contribution is 5.74. The highest BCUT2D eigenvalue weighted by Gasteiger charge is 2.65. The molecule has 1 aliphatic heterocycles. The van der Waals surface area contributed by atoms with E-state index in [0.29, 0.717) is 17.8 Å². The second-order valence-electron chi connectivity index (χ2n) is 3.54. The fraction of sp³-hybridized carbons (Fsp3) is 0.857. The van der Waals surface area contributed by atoms with Gasteiger partial charge in [-0.05, 0) is 0 Å². The van der Waals surface area contributed by atoms with Gasteiger partial charge in [0.1, 0.15) is 6.10 Å².